The Morgan fingerprint density at radius 3 is 2.26 bits per heavy atom. The Balaban J connectivity index is 2.04. The zero-order valence-electron chi connectivity index (χ0n) is 14.4. The molecule has 1 aromatic rings. The zero-order chi connectivity index (χ0) is 16.8. The van der Waals surface area contributed by atoms with E-state index in [1.54, 1.807) is 0 Å². The topological polar surface area (TPSA) is 53.0 Å². The van der Waals surface area contributed by atoms with Gasteiger partial charge in [-0.05, 0) is 30.2 Å². The lowest BCUT2D eigenvalue weighted by atomic mass is 10.0. The molecule has 0 bridgehead atoms. The Kier molecular flexibility index (Phi) is 6.42. The van der Waals surface area contributed by atoms with Gasteiger partial charge in [0, 0.05) is 26.2 Å². The monoisotopic (exact) mass is 320 g/mol. The Morgan fingerprint density at radius 1 is 1.17 bits per heavy atom. The van der Waals surface area contributed by atoms with Crippen molar-refractivity contribution in [3.05, 3.63) is 29.8 Å². The number of ether oxygens (including phenoxy) is 1. The van der Waals surface area contributed by atoms with E-state index in [2.05, 4.69) is 30.6 Å². The van der Waals surface area contributed by atoms with Gasteiger partial charge in [0.25, 0.3) is 0 Å². The second-order valence-corrected chi connectivity index (χ2v) is 6.48. The zero-order valence-corrected chi connectivity index (χ0v) is 14.4. The lowest BCUT2D eigenvalue weighted by Crippen LogP contribution is -2.49. The van der Waals surface area contributed by atoms with E-state index in [1.165, 1.54) is 0 Å². The van der Waals surface area contributed by atoms with Crippen molar-refractivity contribution in [2.24, 2.45) is 5.92 Å². The van der Waals surface area contributed by atoms with Crippen molar-refractivity contribution in [1.29, 1.82) is 0 Å². The van der Waals surface area contributed by atoms with Crippen molar-refractivity contribution >= 4 is 5.97 Å². The van der Waals surface area contributed by atoms with E-state index in [0.717, 1.165) is 44.0 Å². The van der Waals surface area contributed by atoms with Gasteiger partial charge in [-0.25, -0.2) is 0 Å². The molecule has 1 aromatic carbocycles. The van der Waals surface area contributed by atoms with Crippen molar-refractivity contribution < 1.29 is 14.6 Å². The number of rotatable bonds is 7. The first-order valence-electron chi connectivity index (χ1n) is 8.43. The highest BCUT2D eigenvalue weighted by atomic mass is 16.5. The highest BCUT2D eigenvalue weighted by Crippen LogP contribution is 2.25. The summed E-state index contributed by atoms with van der Waals surface area (Å²) in [4.78, 5) is 16.2. The quantitative estimate of drug-likeness (QED) is 0.836. The Labute approximate surface area is 138 Å². The minimum absolute atomic E-state index is 0.469. The molecule has 1 fully saturated rings. The average molecular weight is 320 g/mol. The summed E-state index contributed by atoms with van der Waals surface area (Å²) in [5.41, 5.74) is 0.819. The molecule has 1 unspecified atom stereocenters. The second-order valence-electron chi connectivity index (χ2n) is 6.48. The number of likely N-dealkylation sites (N-methyl/N-ethyl adjacent to an activating group) is 1. The minimum Gasteiger partial charge on any atom is -0.493 e. The average Bonchev–Trinajstić information content (AvgIpc) is 2.54. The number of aliphatic carboxylic acids is 1. The maximum Gasteiger partial charge on any atom is 0.325 e. The first-order chi connectivity index (χ1) is 11.0. The maximum atomic E-state index is 11.8. The third-order valence-corrected chi connectivity index (χ3v) is 4.23. The van der Waals surface area contributed by atoms with Crippen LogP contribution in [0.25, 0.3) is 0 Å². The largest absolute Gasteiger partial charge is 0.493 e. The van der Waals surface area contributed by atoms with Crippen LogP contribution in [0.4, 0.5) is 0 Å². The number of piperazine rings is 1. The predicted molar refractivity (Wildman–Crippen MR) is 90.8 cm³/mol. The highest BCUT2D eigenvalue weighted by Gasteiger charge is 2.29. The first-order valence-corrected chi connectivity index (χ1v) is 8.43. The number of carboxylic acids is 1. The van der Waals surface area contributed by atoms with Gasteiger partial charge in [0.1, 0.15) is 11.8 Å². The highest BCUT2D eigenvalue weighted by molar-refractivity contribution is 5.75. The molecule has 0 amide bonds. The molecule has 1 aliphatic heterocycles. The molecule has 23 heavy (non-hydrogen) atoms. The smallest absolute Gasteiger partial charge is 0.325 e. The van der Waals surface area contributed by atoms with Crippen molar-refractivity contribution in [3.8, 4) is 5.75 Å². The summed E-state index contributed by atoms with van der Waals surface area (Å²) in [6, 6.07) is 6.92. The summed E-state index contributed by atoms with van der Waals surface area (Å²) in [5, 5.41) is 9.66. The van der Waals surface area contributed by atoms with Crippen molar-refractivity contribution in [2.45, 2.75) is 26.8 Å². The summed E-state index contributed by atoms with van der Waals surface area (Å²) < 4.78 is 5.67. The van der Waals surface area contributed by atoms with Gasteiger partial charge < -0.3 is 14.7 Å². The molecule has 1 N–H and O–H groups in total. The first kappa shape index (κ1) is 17.8. The standard InChI is InChI=1S/C18H28N2O3/c1-4-19-9-11-20(12-10-19)17(18(21)22)15-5-7-16(8-6-15)23-13-14(2)3/h5-8,14,17H,4,9-13H2,1-3H3,(H,21,22). The second kappa shape index (κ2) is 8.31. The van der Waals surface area contributed by atoms with Gasteiger partial charge in [-0.1, -0.05) is 32.9 Å². The predicted octanol–water partition coefficient (Wildman–Crippen LogP) is 2.48. The fourth-order valence-electron chi connectivity index (χ4n) is 2.86. The molecule has 1 heterocycles. The van der Waals surface area contributed by atoms with Crippen LogP contribution in [0.1, 0.15) is 32.4 Å². The van der Waals surface area contributed by atoms with Gasteiger partial charge in [0.15, 0.2) is 0 Å². The summed E-state index contributed by atoms with van der Waals surface area (Å²) >= 11 is 0. The van der Waals surface area contributed by atoms with Crippen LogP contribution in [0.5, 0.6) is 5.75 Å². The number of hydrogen-bond acceptors (Lipinski definition) is 4. The molecule has 0 saturated carbocycles. The molecule has 1 aliphatic rings. The Bertz CT molecular complexity index is 493. The van der Waals surface area contributed by atoms with Crippen LogP contribution in [0.15, 0.2) is 24.3 Å². The molecule has 0 aliphatic carbocycles. The van der Waals surface area contributed by atoms with E-state index in [-0.39, 0.29) is 0 Å². The fourth-order valence-corrected chi connectivity index (χ4v) is 2.86. The van der Waals surface area contributed by atoms with Gasteiger partial charge in [-0.2, -0.15) is 0 Å². The van der Waals surface area contributed by atoms with Crippen LogP contribution in [0, 0.1) is 5.92 Å². The molecule has 5 nitrogen and oxygen atoms in total. The molecular weight excluding hydrogens is 292 g/mol. The summed E-state index contributed by atoms with van der Waals surface area (Å²) in [6.07, 6.45) is 0. The van der Waals surface area contributed by atoms with Gasteiger partial charge in [0.2, 0.25) is 0 Å². The van der Waals surface area contributed by atoms with Gasteiger partial charge in [-0.3, -0.25) is 9.69 Å². The normalized spacial score (nSPS) is 18.1. The number of nitrogens with zero attached hydrogens (tertiary/aromatic N) is 2. The Hall–Kier alpha value is -1.59. The lowest BCUT2D eigenvalue weighted by molar-refractivity contribution is -0.144. The molecule has 1 atom stereocenters. The lowest BCUT2D eigenvalue weighted by Gasteiger charge is -2.37. The molecule has 2 rings (SSSR count). The fraction of sp³-hybridized carbons (Fsp3) is 0.611. The van der Waals surface area contributed by atoms with Crippen molar-refractivity contribution in [3.63, 3.8) is 0 Å². The SMILES string of the molecule is CCN1CCN(C(C(=O)O)c2ccc(OCC(C)C)cc2)CC1. The van der Waals surface area contributed by atoms with Gasteiger partial charge in [0.05, 0.1) is 6.61 Å². The number of benzene rings is 1. The number of carboxylic acid groups (broad SMARTS) is 1. The van der Waals surface area contributed by atoms with Crippen molar-refractivity contribution in [1.82, 2.24) is 9.80 Å². The van der Waals surface area contributed by atoms with Gasteiger partial charge >= 0.3 is 5.97 Å². The molecule has 0 aromatic heterocycles. The van der Waals surface area contributed by atoms with Crippen LogP contribution >= 0.6 is 0 Å². The van der Waals surface area contributed by atoms with Crippen LogP contribution in [-0.4, -0.2) is 60.2 Å². The maximum absolute atomic E-state index is 11.8. The van der Waals surface area contributed by atoms with E-state index in [1.807, 2.05) is 24.3 Å². The number of carbonyl (C=O) groups is 1. The minimum atomic E-state index is -0.786. The molecule has 0 radical (unpaired) electrons. The van der Waals surface area contributed by atoms with E-state index in [9.17, 15) is 9.90 Å². The van der Waals surface area contributed by atoms with Crippen LogP contribution < -0.4 is 4.74 Å². The van der Waals surface area contributed by atoms with E-state index < -0.39 is 12.0 Å². The summed E-state index contributed by atoms with van der Waals surface area (Å²) in [7, 11) is 0. The molecule has 0 spiro atoms. The van der Waals surface area contributed by atoms with Crippen LogP contribution in [0.2, 0.25) is 0 Å². The van der Waals surface area contributed by atoms with Crippen molar-refractivity contribution in [2.75, 3.05) is 39.3 Å². The van der Waals surface area contributed by atoms with E-state index >= 15 is 0 Å². The summed E-state index contributed by atoms with van der Waals surface area (Å²) in [6.45, 7) is 11.5. The van der Waals surface area contributed by atoms with Crippen LogP contribution in [-0.2, 0) is 4.79 Å². The number of hydrogen-bond donors (Lipinski definition) is 1. The molecule has 128 valence electrons. The third-order valence-electron chi connectivity index (χ3n) is 4.23. The van der Waals surface area contributed by atoms with Gasteiger partial charge in [-0.15, -0.1) is 0 Å². The van der Waals surface area contributed by atoms with E-state index in [4.69, 9.17) is 4.74 Å². The Morgan fingerprint density at radius 2 is 1.78 bits per heavy atom. The molecule has 1 saturated heterocycles. The molecular formula is C18H28N2O3. The summed E-state index contributed by atoms with van der Waals surface area (Å²) in [5.74, 6) is 0.476. The third kappa shape index (κ3) is 4.94. The molecule has 5 heteroatoms. The van der Waals surface area contributed by atoms with Crippen LogP contribution in [0.3, 0.4) is 0 Å². The van der Waals surface area contributed by atoms with E-state index in [0.29, 0.717) is 12.5 Å².